The van der Waals surface area contributed by atoms with E-state index in [1.807, 2.05) is 0 Å². The number of hydrogen-bond acceptors (Lipinski definition) is 11. The summed E-state index contributed by atoms with van der Waals surface area (Å²) in [6, 6.07) is 6.02. The first kappa shape index (κ1) is 24.0. The normalized spacial score (nSPS) is 28.7. The number of hydrogen-bond donors (Lipinski definition) is 6. The van der Waals surface area contributed by atoms with E-state index in [1.165, 1.54) is 26.4 Å². The van der Waals surface area contributed by atoms with Gasteiger partial charge < -0.3 is 49.6 Å². The number of rotatable bonds is 5. The summed E-state index contributed by atoms with van der Waals surface area (Å²) < 4.78 is 22.5. The number of benzene rings is 2. The van der Waals surface area contributed by atoms with Crippen molar-refractivity contribution in [3.63, 3.8) is 0 Å². The molecule has 2 aliphatic rings. The van der Waals surface area contributed by atoms with Crippen LogP contribution in [0.25, 0.3) is 0 Å². The molecular formula is C23H26O11. The number of methoxy groups -OCH3 is 2. The van der Waals surface area contributed by atoms with Crippen molar-refractivity contribution in [1.82, 2.24) is 0 Å². The van der Waals surface area contributed by atoms with Gasteiger partial charge >= 0.3 is 0 Å². The highest BCUT2D eigenvalue weighted by atomic mass is 16.6. The number of fused-ring (bicyclic) bond motifs is 1. The molecule has 1 saturated heterocycles. The number of phenols is 2. The Morgan fingerprint density at radius 1 is 0.971 bits per heavy atom. The van der Waals surface area contributed by atoms with Gasteiger partial charge in [-0.25, -0.2) is 0 Å². The van der Waals surface area contributed by atoms with E-state index in [0.717, 1.165) is 0 Å². The quantitative estimate of drug-likeness (QED) is 0.349. The molecule has 1 fully saturated rings. The third-order valence-corrected chi connectivity index (χ3v) is 6.13. The highest BCUT2D eigenvalue weighted by Gasteiger charge is 2.48. The predicted octanol–water partition coefficient (Wildman–Crippen LogP) is 0.336. The van der Waals surface area contributed by atoms with Crippen LogP contribution in [0.3, 0.4) is 0 Å². The van der Waals surface area contributed by atoms with Crippen molar-refractivity contribution >= 4 is 5.78 Å². The summed E-state index contributed by atoms with van der Waals surface area (Å²) in [7, 11) is 2.51. The first-order valence-corrected chi connectivity index (χ1v) is 10.5. The van der Waals surface area contributed by atoms with Gasteiger partial charge in [-0.1, -0.05) is 12.1 Å². The zero-order valence-corrected chi connectivity index (χ0v) is 18.4. The molecule has 0 saturated carbocycles. The van der Waals surface area contributed by atoms with Gasteiger partial charge in [0.05, 0.1) is 32.8 Å². The topological polar surface area (TPSA) is 175 Å². The standard InChI is InChI=1S/C23H26O11/c1-31-22-15(21-19(30)18(29)16(27)13(8-24)34-21)20-14(17(28)23(22)32-2)11(26)7-12(33-20)9-3-5-10(25)6-4-9/h3-6,12-13,16,18-19,21,24-25,27-30H,7-8H2,1-2H3/t12?,13-,16-,18+,19-,21+/m1/s1. The number of ether oxygens (including phenoxy) is 4. The summed E-state index contributed by atoms with van der Waals surface area (Å²) in [5.74, 6) is -1.50. The second-order valence-corrected chi connectivity index (χ2v) is 8.11. The average molecular weight is 478 g/mol. The molecule has 6 N–H and O–H groups in total. The van der Waals surface area contributed by atoms with Crippen LogP contribution in [0.2, 0.25) is 0 Å². The maximum atomic E-state index is 13.2. The van der Waals surface area contributed by atoms with Crippen LogP contribution >= 0.6 is 0 Å². The fraction of sp³-hybridized carbons (Fsp3) is 0.435. The predicted molar refractivity (Wildman–Crippen MR) is 114 cm³/mol. The summed E-state index contributed by atoms with van der Waals surface area (Å²) in [5, 5.41) is 61.3. The molecule has 184 valence electrons. The number of ketones is 1. The molecule has 0 spiro atoms. The van der Waals surface area contributed by atoms with Crippen molar-refractivity contribution in [3.8, 4) is 28.7 Å². The Labute approximate surface area is 194 Å². The van der Waals surface area contributed by atoms with E-state index >= 15 is 0 Å². The van der Waals surface area contributed by atoms with Crippen LogP contribution in [-0.4, -0.2) is 81.7 Å². The minimum Gasteiger partial charge on any atom is -0.508 e. The molecule has 2 aliphatic heterocycles. The number of aliphatic hydroxyl groups is 4. The molecule has 0 aliphatic carbocycles. The van der Waals surface area contributed by atoms with Gasteiger partial charge in [0.1, 0.15) is 53.7 Å². The molecule has 0 aromatic heterocycles. The third-order valence-electron chi connectivity index (χ3n) is 6.13. The van der Waals surface area contributed by atoms with E-state index in [1.54, 1.807) is 12.1 Å². The molecule has 2 aromatic carbocycles. The van der Waals surface area contributed by atoms with Gasteiger partial charge in [-0.05, 0) is 17.7 Å². The van der Waals surface area contributed by atoms with Crippen LogP contribution in [0.4, 0.5) is 0 Å². The molecule has 11 heteroatoms. The first-order valence-electron chi connectivity index (χ1n) is 10.5. The zero-order valence-electron chi connectivity index (χ0n) is 18.4. The van der Waals surface area contributed by atoms with Crippen LogP contribution < -0.4 is 14.2 Å². The van der Waals surface area contributed by atoms with Crippen molar-refractivity contribution in [2.75, 3.05) is 20.8 Å². The molecular weight excluding hydrogens is 452 g/mol. The van der Waals surface area contributed by atoms with E-state index < -0.39 is 54.8 Å². The van der Waals surface area contributed by atoms with Crippen molar-refractivity contribution in [3.05, 3.63) is 41.0 Å². The summed E-state index contributed by atoms with van der Waals surface area (Å²) in [4.78, 5) is 13.2. The van der Waals surface area contributed by atoms with E-state index in [4.69, 9.17) is 18.9 Å². The second kappa shape index (κ2) is 9.28. The Hall–Kier alpha value is -3.09. The van der Waals surface area contributed by atoms with Crippen molar-refractivity contribution in [1.29, 1.82) is 0 Å². The van der Waals surface area contributed by atoms with Gasteiger partial charge in [0.15, 0.2) is 17.3 Å². The molecule has 2 heterocycles. The Balaban J connectivity index is 1.92. The Morgan fingerprint density at radius 3 is 2.21 bits per heavy atom. The fourth-order valence-corrected chi connectivity index (χ4v) is 4.39. The van der Waals surface area contributed by atoms with E-state index in [9.17, 15) is 35.4 Å². The number of carbonyl (C=O) groups excluding carboxylic acids is 1. The lowest BCUT2D eigenvalue weighted by molar-refractivity contribution is -0.232. The third kappa shape index (κ3) is 3.81. The van der Waals surface area contributed by atoms with E-state index in [2.05, 4.69) is 0 Å². The average Bonchev–Trinajstić information content (AvgIpc) is 2.83. The van der Waals surface area contributed by atoms with Crippen LogP contribution in [0.15, 0.2) is 24.3 Å². The second-order valence-electron chi connectivity index (χ2n) is 8.11. The number of phenolic OH excluding ortho intramolecular Hbond substituents is 2. The lowest BCUT2D eigenvalue weighted by Crippen LogP contribution is -2.55. The molecule has 1 unspecified atom stereocenters. The lowest BCUT2D eigenvalue weighted by atomic mass is 9.86. The maximum absolute atomic E-state index is 13.2. The van der Waals surface area contributed by atoms with Crippen LogP contribution in [0.1, 0.15) is 40.1 Å². The monoisotopic (exact) mass is 478 g/mol. The van der Waals surface area contributed by atoms with Crippen LogP contribution in [0.5, 0.6) is 28.7 Å². The largest absolute Gasteiger partial charge is 0.508 e. The molecule has 0 bridgehead atoms. The van der Waals surface area contributed by atoms with Crippen LogP contribution in [-0.2, 0) is 4.74 Å². The molecule has 4 rings (SSSR count). The van der Waals surface area contributed by atoms with Crippen molar-refractivity contribution < 1.29 is 54.4 Å². The van der Waals surface area contributed by atoms with Crippen molar-refractivity contribution in [2.45, 2.75) is 43.0 Å². The number of Topliss-reactive ketones (excluding diaryl/α,β-unsaturated/α-hetero) is 1. The summed E-state index contributed by atoms with van der Waals surface area (Å²) in [6.45, 7) is -0.670. The van der Waals surface area contributed by atoms with E-state index in [-0.39, 0.29) is 40.5 Å². The highest BCUT2D eigenvalue weighted by Crippen LogP contribution is 2.55. The number of carbonyl (C=O) groups is 1. The summed E-state index contributed by atoms with van der Waals surface area (Å²) in [5.41, 5.74) is 0.298. The zero-order chi connectivity index (χ0) is 24.7. The van der Waals surface area contributed by atoms with Gasteiger partial charge in [0.2, 0.25) is 5.75 Å². The fourth-order valence-electron chi connectivity index (χ4n) is 4.39. The Morgan fingerprint density at radius 2 is 1.62 bits per heavy atom. The molecule has 6 atom stereocenters. The molecule has 0 radical (unpaired) electrons. The summed E-state index contributed by atoms with van der Waals surface area (Å²) >= 11 is 0. The van der Waals surface area contributed by atoms with E-state index in [0.29, 0.717) is 5.56 Å². The first-order chi connectivity index (χ1) is 16.2. The number of aliphatic hydroxyl groups excluding tert-OH is 4. The Bertz CT molecular complexity index is 1070. The highest BCUT2D eigenvalue weighted by molar-refractivity contribution is 6.04. The lowest BCUT2D eigenvalue weighted by Gasteiger charge is -2.41. The number of aromatic hydroxyl groups is 2. The Kier molecular flexibility index (Phi) is 6.56. The maximum Gasteiger partial charge on any atom is 0.204 e. The van der Waals surface area contributed by atoms with Crippen molar-refractivity contribution in [2.24, 2.45) is 0 Å². The SMILES string of the molecule is COc1c(O)c2c(c([C@@H]3O[C@H](CO)[C@@H](O)[C@H](O)[C@H]3O)c1OC)OC(c1ccc(O)cc1)CC2=O. The minimum atomic E-state index is -1.71. The van der Waals surface area contributed by atoms with Gasteiger partial charge in [0.25, 0.3) is 0 Å². The van der Waals surface area contributed by atoms with Gasteiger partial charge in [-0.2, -0.15) is 0 Å². The molecule has 2 aromatic rings. The van der Waals surface area contributed by atoms with Gasteiger partial charge in [0, 0.05) is 0 Å². The smallest absolute Gasteiger partial charge is 0.204 e. The molecule has 0 amide bonds. The minimum absolute atomic E-state index is 0.0253. The molecule has 34 heavy (non-hydrogen) atoms. The van der Waals surface area contributed by atoms with Crippen LogP contribution in [0, 0.1) is 0 Å². The van der Waals surface area contributed by atoms with Gasteiger partial charge in [-0.3, -0.25) is 4.79 Å². The summed E-state index contributed by atoms with van der Waals surface area (Å²) in [6.07, 6.45) is -8.66. The molecule has 11 nitrogen and oxygen atoms in total. The van der Waals surface area contributed by atoms with Gasteiger partial charge in [-0.15, -0.1) is 0 Å².